The number of nitrogens with one attached hydrogen (secondary N) is 2. The molecule has 9 aromatic rings. The number of amides is 2. The molecule has 9 heteroatoms. The zero-order valence-electron chi connectivity index (χ0n) is 38.0. The molecule has 0 aliphatic carbocycles. The van der Waals surface area contributed by atoms with Gasteiger partial charge in [-0.3, -0.25) is 9.59 Å². The Hall–Kier alpha value is -7.29. The van der Waals surface area contributed by atoms with Gasteiger partial charge in [0.1, 0.15) is 0 Å². The van der Waals surface area contributed by atoms with Gasteiger partial charge in [-0.1, -0.05) is 154 Å². The SMILES string of the molecule is CCCCCCCCc1ccc(C(=O)NCC(c2ccccc2)n2ccnc2)cc1.O=C(NCC(c1ccc2cc3ccccc3cc2c1)n1ccnc1)c1ccc(-c2ccc(Cl)cc2)cc1. The molecule has 0 aliphatic rings. The smallest absolute Gasteiger partial charge is 0.251 e. The van der Waals surface area contributed by atoms with Gasteiger partial charge in [-0.15, -0.1) is 0 Å². The summed E-state index contributed by atoms with van der Waals surface area (Å²) in [6, 6.07) is 52.8. The highest BCUT2D eigenvalue weighted by Gasteiger charge is 2.18. The first-order valence-corrected chi connectivity index (χ1v) is 23.7. The first kappa shape index (κ1) is 46.2. The fourth-order valence-electron chi connectivity index (χ4n) is 8.51. The van der Waals surface area contributed by atoms with E-state index in [-0.39, 0.29) is 23.9 Å². The Bertz CT molecular complexity index is 2940. The van der Waals surface area contributed by atoms with Gasteiger partial charge in [-0.05, 0) is 117 Å². The van der Waals surface area contributed by atoms with Crippen molar-refractivity contribution in [3.05, 3.63) is 228 Å². The number of halogens is 1. The van der Waals surface area contributed by atoms with Crippen LogP contribution in [0.4, 0.5) is 0 Å². The van der Waals surface area contributed by atoms with E-state index in [4.69, 9.17) is 11.6 Å². The van der Waals surface area contributed by atoms with Crippen molar-refractivity contribution < 1.29 is 9.59 Å². The van der Waals surface area contributed by atoms with Crippen molar-refractivity contribution in [1.82, 2.24) is 29.7 Å². The number of rotatable bonds is 18. The maximum absolute atomic E-state index is 13.0. The van der Waals surface area contributed by atoms with Gasteiger partial charge in [-0.2, -0.15) is 0 Å². The number of benzene rings is 7. The lowest BCUT2D eigenvalue weighted by molar-refractivity contribution is 0.0941. The summed E-state index contributed by atoms with van der Waals surface area (Å²) in [5.41, 5.74) is 6.98. The molecule has 8 nitrogen and oxygen atoms in total. The molecule has 2 N–H and O–H groups in total. The molecule has 67 heavy (non-hydrogen) atoms. The van der Waals surface area contributed by atoms with Crippen LogP contribution in [0.15, 0.2) is 195 Å². The number of nitrogens with zero attached hydrogens (tertiary/aromatic N) is 4. The predicted molar refractivity (Wildman–Crippen MR) is 274 cm³/mol. The third-order valence-electron chi connectivity index (χ3n) is 12.3. The van der Waals surface area contributed by atoms with E-state index in [0.29, 0.717) is 29.2 Å². The van der Waals surface area contributed by atoms with Crippen molar-refractivity contribution in [2.75, 3.05) is 13.1 Å². The summed E-state index contributed by atoms with van der Waals surface area (Å²) in [6.07, 6.45) is 19.9. The normalized spacial score (nSPS) is 12.0. The summed E-state index contributed by atoms with van der Waals surface area (Å²) in [4.78, 5) is 34.1. The number of hydrogen-bond acceptors (Lipinski definition) is 4. The Morgan fingerprint density at radius 3 is 1.61 bits per heavy atom. The van der Waals surface area contributed by atoms with Gasteiger partial charge >= 0.3 is 0 Å². The first-order chi connectivity index (χ1) is 32.9. The maximum Gasteiger partial charge on any atom is 0.251 e. The van der Waals surface area contributed by atoms with Gasteiger partial charge in [0.25, 0.3) is 11.8 Å². The van der Waals surface area contributed by atoms with Crippen molar-refractivity contribution in [3.8, 4) is 11.1 Å². The highest BCUT2D eigenvalue weighted by Crippen LogP contribution is 2.28. The number of carbonyl (C=O) groups is 2. The lowest BCUT2D eigenvalue weighted by atomic mass is 9.98. The topological polar surface area (TPSA) is 93.8 Å². The first-order valence-electron chi connectivity index (χ1n) is 23.4. The van der Waals surface area contributed by atoms with Crippen LogP contribution in [-0.4, -0.2) is 44.0 Å². The molecule has 2 unspecified atom stereocenters. The van der Waals surface area contributed by atoms with Crippen LogP contribution < -0.4 is 10.6 Å². The van der Waals surface area contributed by atoms with E-state index in [1.807, 2.05) is 100 Å². The number of imidazole rings is 2. The Morgan fingerprint density at radius 2 is 1.03 bits per heavy atom. The number of hydrogen-bond donors (Lipinski definition) is 2. The van der Waals surface area contributed by atoms with Crippen LogP contribution in [0.5, 0.6) is 0 Å². The molecule has 2 heterocycles. The van der Waals surface area contributed by atoms with E-state index in [9.17, 15) is 9.59 Å². The lowest BCUT2D eigenvalue weighted by Crippen LogP contribution is -2.31. The average molecular weight is 906 g/mol. The standard InChI is InChI=1S/C32H24ClN3O.C26H33N3O/c33-30-13-11-23(12-14-30)22-5-7-24(8-6-22)32(37)35-20-31(36-16-15-34-21-36)28-10-9-27-17-25-3-1-2-4-26(25)18-29(27)19-28;1-2-3-4-5-6-8-11-22-14-16-24(17-15-22)26(30)28-20-25(29-19-18-27-21-29)23-12-9-7-10-13-23/h1-19,21,31H,20H2,(H,35,37);7,9-10,12-19,21,25H,2-6,8,11,20H2,1H3,(H,28,30). The van der Waals surface area contributed by atoms with Crippen molar-refractivity contribution >= 4 is 45.0 Å². The predicted octanol–water partition coefficient (Wildman–Crippen LogP) is 13.3. The second-order valence-corrected chi connectivity index (χ2v) is 17.4. The van der Waals surface area contributed by atoms with E-state index < -0.39 is 0 Å². The molecule has 7 aromatic carbocycles. The minimum absolute atomic E-state index is 0.0182. The van der Waals surface area contributed by atoms with Crippen LogP contribution in [0.3, 0.4) is 0 Å². The zero-order chi connectivity index (χ0) is 46.2. The molecule has 2 atom stereocenters. The van der Waals surface area contributed by atoms with Crippen LogP contribution in [0.25, 0.3) is 32.7 Å². The third kappa shape index (κ3) is 12.5. The minimum atomic E-state index is -0.112. The third-order valence-corrected chi connectivity index (χ3v) is 12.6. The van der Waals surface area contributed by atoms with E-state index in [2.05, 4.69) is 106 Å². The van der Waals surface area contributed by atoms with Gasteiger partial charge < -0.3 is 19.8 Å². The van der Waals surface area contributed by atoms with Crippen LogP contribution in [0.1, 0.15) is 94.9 Å². The average Bonchev–Trinajstić information content (AvgIpc) is 4.12. The quantitative estimate of drug-likeness (QED) is 0.0662. The molecule has 0 aliphatic heterocycles. The summed E-state index contributed by atoms with van der Waals surface area (Å²) in [5, 5.41) is 11.7. The van der Waals surface area contributed by atoms with Crippen molar-refractivity contribution in [2.24, 2.45) is 0 Å². The van der Waals surface area contributed by atoms with Gasteiger partial charge in [0.05, 0.1) is 24.7 Å². The van der Waals surface area contributed by atoms with Gasteiger partial charge in [0.15, 0.2) is 0 Å². The summed E-state index contributed by atoms with van der Waals surface area (Å²) >= 11 is 6.00. The van der Waals surface area contributed by atoms with Crippen LogP contribution >= 0.6 is 11.6 Å². The van der Waals surface area contributed by atoms with Crippen molar-refractivity contribution in [2.45, 2.75) is 64.0 Å². The number of unbranched alkanes of at least 4 members (excludes halogenated alkanes) is 5. The van der Waals surface area contributed by atoms with E-state index in [1.165, 1.54) is 65.6 Å². The molecule has 0 spiro atoms. The summed E-state index contributed by atoms with van der Waals surface area (Å²) < 4.78 is 4.06. The minimum Gasteiger partial charge on any atom is -0.350 e. The molecular formula is C58H57ClN6O2. The molecule has 0 saturated carbocycles. The van der Waals surface area contributed by atoms with Crippen molar-refractivity contribution in [3.63, 3.8) is 0 Å². The molecule has 0 bridgehead atoms. The molecule has 2 aromatic heterocycles. The Kier molecular flexibility index (Phi) is 16.0. The maximum atomic E-state index is 13.0. The molecule has 0 saturated heterocycles. The van der Waals surface area contributed by atoms with Crippen LogP contribution in [-0.2, 0) is 6.42 Å². The number of aromatic nitrogens is 4. The molecule has 0 fully saturated rings. The molecule has 338 valence electrons. The van der Waals surface area contributed by atoms with Gasteiger partial charge in [-0.25, -0.2) is 9.97 Å². The number of aryl methyl sites for hydroxylation is 1. The Balaban J connectivity index is 0.000000186. The largest absolute Gasteiger partial charge is 0.350 e. The second-order valence-electron chi connectivity index (χ2n) is 17.0. The zero-order valence-corrected chi connectivity index (χ0v) is 38.7. The second kappa shape index (κ2) is 23.2. The van der Waals surface area contributed by atoms with Crippen molar-refractivity contribution in [1.29, 1.82) is 0 Å². The Labute approximate surface area is 398 Å². The van der Waals surface area contributed by atoms with Crippen LogP contribution in [0.2, 0.25) is 5.02 Å². The van der Waals surface area contributed by atoms with Gasteiger partial charge in [0.2, 0.25) is 0 Å². The Morgan fingerprint density at radius 1 is 0.522 bits per heavy atom. The van der Waals surface area contributed by atoms with E-state index >= 15 is 0 Å². The number of fused-ring (bicyclic) bond motifs is 2. The fraction of sp³-hybridized carbons (Fsp3) is 0.207. The summed E-state index contributed by atoms with van der Waals surface area (Å²) in [7, 11) is 0. The number of carbonyl (C=O) groups excluding carboxylic acids is 2. The lowest BCUT2D eigenvalue weighted by Gasteiger charge is -2.20. The van der Waals surface area contributed by atoms with Crippen LogP contribution in [0, 0.1) is 0 Å². The van der Waals surface area contributed by atoms with E-state index in [0.717, 1.165) is 28.7 Å². The highest BCUT2D eigenvalue weighted by atomic mass is 35.5. The fourth-order valence-corrected chi connectivity index (χ4v) is 8.64. The van der Waals surface area contributed by atoms with E-state index in [1.54, 1.807) is 25.0 Å². The van der Waals surface area contributed by atoms with Gasteiger partial charge in [0, 0.05) is 54.0 Å². The highest BCUT2D eigenvalue weighted by molar-refractivity contribution is 6.30. The molecular weight excluding hydrogens is 848 g/mol. The molecule has 2 amide bonds. The molecule has 9 rings (SSSR count). The summed E-state index contributed by atoms with van der Waals surface area (Å²) in [5.74, 6) is -0.151. The molecule has 0 radical (unpaired) electrons. The summed E-state index contributed by atoms with van der Waals surface area (Å²) in [6.45, 7) is 3.20. The monoisotopic (exact) mass is 904 g/mol.